The number of nitrogens with zero attached hydrogens (tertiary/aromatic N) is 2. The molecule has 1 aromatic heterocycles. The van der Waals surface area contributed by atoms with Gasteiger partial charge in [0.25, 0.3) is 0 Å². The molecule has 7 nitrogen and oxygen atoms in total. The monoisotopic (exact) mass is 274 g/mol. The third-order valence-electron chi connectivity index (χ3n) is 2.58. The summed E-state index contributed by atoms with van der Waals surface area (Å²) in [5.41, 5.74) is 4.36. The van der Waals surface area contributed by atoms with Crippen molar-refractivity contribution in [3.63, 3.8) is 0 Å². The van der Waals surface area contributed by atoms with Gasteiger partial charge in [0.05, 0.1) is 11.9 Å². The molecule has 102 valence electrons. The van der Waals surface area contributed by atoms with Gasteiger partial charge in [0.15, 0.2) is 5.16 Å². The Morgan fingerprint density at radius 3 is 2.61 bits per heavy atom. The smallest absolute Gasteiger partial charge is 0.339 e. The molecular weight excluding hydrogens is 256 g/mol. The van der Waals surface area contributed by atoms with Crippen molar-refractivity contribution >= 4 is 11.8 Å². The Labute approximate surface area is 108 Å². The highest BCUT2D eigenvalue weighted by Gasteiger charge is 2.23. The Balaban J connectivity index is 2.99. The molecule has 1 aromatic rings. The fourth-order valence-corrected chi connectivity index (χ4v) is 2.52. The number of aliphatic hydroxyl groups excluding tert-OH is 1. The van der Waals surface area contributed by atoms with Crippen LogP contribution in [-0.4, -0.2) is 37.8 Å². The maximum absolute atomic E-state index is 11.2. The van der Waals surface area contributed by atoms with Crippen molar-refractivity contribution in [2.45, 2.75) is 30.3 Å². The summed E-state index contributed by atoms with van der Waals surface area (Å²) in [6.45, 7) is 3.78. The van der Waals surface area contributed by atoms with Crippen molar-refractivity contribution in [1.29, 1.82) is 0 Å². The van der Waals surface area contributed by atoms with Crippen LogP contribution in [0, 0.1) is 5.92 Å². The van der Waals surface area contributed by atoms with Crippen LogP contribution in [0.3, 0.4) is 0 Å². The zero-order chi connectivity index (χ0) is 13.9. The van der Waals surface area contributed by atoms with Gasteiger partial charge in [0.1, 0.15) is 0 Å². The fourth-order valence-electron chi connectivity index (χ4n) is 1.37. The summed E-state index contributed by atoms with van der Waals surface area (Å²) in [5, 5.41) is 11.7. The summed E-state index contributed by atoms with van der Waals surface area (Å²) < 4.78 is 1.35. The van der Waals surface area contributed by atoms with E-state index < -0.39 is 11.1 Å². The van der Waals surface area contributed by atoms with Gasteiger partial charge >= 0.3 is 11.1 Å². The number of aryl methyl sites for hydroxylation is 1. The lowest BCUT2D eigenvalue weighted by Crippen LogP contribution is -2.40. The normalized spacial score (nSPS) is 14.8. The molecule has 1 rings (SSSR count). The molecule has 1 heterocycles. The third-order valence-corrected chi connectivity index (χ3v) is 3.93. The molecule has 8 heteroatoms. The van der Waals surface area contributed by atoms with Crippen molar-refractivity contribution in [3.05, 3.63) is 20.7 Å². The number of thioether (sulfide) groups is 1. The minimum absolute atomic E-state index is 0.126. The Morgan fingerprint density at radius 1 is 1.50 bits per heavy atom. The van der Waals surface area contributed by atoms with E-state index >= 15 is 0 Å². The molecule has 2 unspecified atom stereocenters. The van der Waals surface area contributed by atoms with Crippen molar-refractivity contribution in [2.75, 3.05) is 6.61 Å². The van der Waals surface area contributed by atoms with Gasteiger partial charge in [0, 0.05) is 13.1 Å². The summed E-state index contributed by atoms with van der Waals surface area (Å²) >= 11 is 1.18. The molecule has 0 spiro atoms. The molecule has 0 amide bonds. The summed E-state index contributed by atoms with van der Waals surface area (Å²) in [7, 11) is 1.57. The van der Waals surface area contributed by atoms with Crippen molar-refractivity contribution in [2.24, 2.45) is 18.7 Å². The summed E-state index contributed by atoms with van der Waals surface area (Å²) in [6.07, 6.45) is 0. The first kappa shape index (κ1) is 14.9. The molecule has 0 saturated carbocycles. The quantitative estimate of drug-likeness (QED) is 0.464. The maximum atomic E-state index is 11.2. The minimum Gasteiger partial charge on any atom is -0.395 e. The molecule has 0 aliphatic carbocycles. The second-order valence-electron chi connectivity index (χ2n) is 4.36. The van der Waals surface area contributed by atoms with Gasteiger partial charge in [-0.05, 0) is 5.92 Å². The molecule has 0 aliphatic heterocycles. The van der Waals surface area contributed by atoms with Crippen LogP contribution < -0.4 is 16.9 Å². The predicted molar refractivity (Wildman–Crippen MR) is 69.6 cm³/mol. The summed E-state index contributed by atoms with van der Waals surface area (Å²) in [5.74, 6) is 0.189. The van der Waals surface area contributed by atoms with E-state index in [2.05, 4.69) is 10.1 Å². The predicted octanol–water partition coefficient (Wildman–Crippen LogP) is -1.10. The molecule has 2 atom stereocenters. The van der Waals surface area contributed by atoms with Gasteiger partial charge < -0.3 is 10.8 Å². The van der Waals surface area contributed by atoms with Gasteiger partial charge in [-0.25, -0.2) is 0 Å². The number of H-pyrrole nitrogens is 1. The van der Waals surface area contributed by atoms with Gasteiger partial charge in [-0.2, -0.15) is 4.98 Å². The fraction of sp³-hybridized carbons (Fsp3) is 0.700. The molecular formula is C10H18N4O3S. The summed E-state index contributed by atoms with van der Waals surface area (Å²) in [6, 6.07) is -0.233. The Hall–Kier alpha value is -1.12. The second-order valence-corrected chi connectivity index (χ2v) is 5.57. The van der Waals surface area contributed by atoms with Crippen LogP contribution in [0.2, 0.25) is 0 Å². The van der Waals surface area contributed by atoms with Crippen molar-refractivity contribution in [3.8, 4) is 0 Å². The average Bonchev–Trinajstić information content (AvgIpc) is 2.31. The number of nitrogens with one attached hydrogen (secondary N) is 1. The standard InChI is InChI=1S/C10H18N4O3S/c1-5(2)7(11)6(4-15)18-10-12-8(16)9(17)13-14(10)3/h5-7,15H,4,11H2,1-3H3,(H,13,17). The van der Waals surface area contributed by atoms with Gasteiger partial charge in [-0.3, -0.25) is 19.4 Å². The second kappa shape index (κ2) is 6.17. The number of hydrogen-bond donors (Lipinski definition) is 3. The molecule has 0 radical (unpaired) electrons. The van der Waals surface area contributed by atoms with Gasteiger partial charge in [0.2, 0.25) is 0 Å². The lowest BCUT2D eigenvalue weighted by Gasteiger charge is -2.24. The number of aliphatic hydroxyl groups is 1. The van der Waals surface area contributed by atoms with Gasteiger partial charge in [-0.15, -0.1) is 0 Å². The third kappa shape index (κ3) is 3.44. The Bertz CT molecular complexity index is 511. The SMILES string of the molecule is CC(C)C(N)C(CO)Sc1nc(=O)c(=O)[nH]n1C. The Morgan fingerprint density at radius 2 is 2.11 bits per heavy atom. The van der Waals surface area contributed by atoms with Crippen LogP contribution in [0.4, 0.5) is 0 Å². The van der Waals surface area contributed by atoms with E-state index in [9.17, 15) is 14.7 Å². The molecule has 0 bridgehead atoms. The van der Waals surface area contributed by atoms with Crippen LogP contribution in [0.25, 0.3) is 0 Å². The molecule has 0 saturated heterocycles. The van der Waals surface area contributed by atoms with Gasteiger partial charge in [-0.1, -0.05) is 25.6 Å². The van der Waals surface area contributed by atoms with E-state index in [-0.39, 0.29) is 23.8 Å². The van der Waals surface area contributed by atoms with Crippen LogP contribution >= 0.6 is 11.8 Å². The number of nitrogens with two attached hydrogens (primary N) is 1. The van der Waals surface area contributed by atoms with Crippen molar-refractivity contribution < 1.29 is 5.11 Å². The zero-order valence-electron chi connectivity index (χ0n) is 10.6. The van der Waals surface area contributed by atoms with E-state index in [0.717, 1.165) is 0 Å². The number of rotatable bonds is 5. The first-order valence-electron chi connectivity index (χ1n) is 5.57. The van der Waals surface area contributed by atoms with E-state index in [0.29, 0.717) is 5.16 Å². The Kier molecular flexibility index (Phi) is 5.12. The van der Waals surface area contributed by atoms with Crippen molar-refractivity contribution in [1.82, 2.24) is 14.8 Å². The minimum atomic E-state index is -0.842. The zero-order valence-corrected chi connectivity index (χ0v) is 11.4. The van der Waals surface area contributed by atoms with E-state index in [1.165, 1.54) is 16.4 Å². The maximum Gasteiger partial charge on any atom is 0.339 e. The lowest BCUT2D eigenvalue weighted by molar-refractivity contribution is 0.269. The number of aromatic nitrogens is 3. The topological polar surface area (TPSA) is 114 Å². The van der Waals surface area contributed by atoms with Crippen LogP contribution in [-0.2, 0) is 7.05 Å². The highest BCUT2D eigenvalue weighted by Crippen LogP contribution is 2.23. The number of aromatic amines is 1. The molecule has 18 heavy (non-hydrogen) atoms. The van der Waals surface area contributed by atoms with Crippen LogP contribution in [0.5, 0.6) is 0 Å². The average molecular weight is 274 g/mol. The first-order valence-corrected chi connectivity index (χ1v) is 6.45. The molecule has 4 N–H and O–H groups in total. The van der Waals surface area contributed by atoms with E-state index in [4.69, 9.17) is 5.73 Å². The largest absolute Gasteiger partial charge is 0.395 e. The van der Waals surface area contributed by atoms with E-state index in [1.807, 2.05) is 13.8 Å². The van der Waals surface area contributed by atoms with E-state index in [1.54, 1.807) is 7.05 Å². The lowest BCUT2D eigenvalue weighted by atomic mass is 10.0. The highest BCUT2D eigenvalue weighted by atomic mass is 32.2. The summed E-state index contributed by atoms with van der Waals surface area (Å²) in [4.78, 5) is 25.9. The molecule has 0 fully saturated rings. The van der Waals surface area contributed by atoms with Crippen LogP contribution in [0.1, 0.15) is 13.8 Å². The molecule has 0 aliphatic rings. The highest BCUT2D eigenvalue weighted by molar-refractivity contribution is 7.99. The van der Waals surface area contributed by atoms with Crippen LogP contribution in [0.15, 0.2) is 14.7 Å². The molecule has 0 aromatic carbocycles. The first-order chi connectivity index (χ1) is 8.36. The number of hydrogen-bond acceptors (Lipinski definition) is 6.